The van der Waals surface area contributed by atoms with Crippen molar-refractivity contribution < 1.29 is 4.84 Å². The summed E-state index contributed by atoms with van der Waals surface area (Å²) in [5.74, 6) is 0. The molecule has 2 heteroatoms. The van der Waals surface area contributed by atoms with Crippen molar-refractivity contribution in [2.75, 3.05) is 0 Å². The third-order valence-corrected chi connectivity index (χ3v) is 3.02. The standard InChI is InChI=1S/C17H19NO/c1-3-16-9-4-5-10-17(16)12-18-19-13-15-8-6-7-14(2)11-15/h4-12H,3,13H2,1-2H3. The first kappa shape index (κ1) is 13.3. The van der Waals surface area contributed by atoms with Crippen molar-refractivity contribution in [3.63, 3.8) is 0 Å². The minimum absolute atomic E-state index is 0.506. The Labute approximate surface area is 114 Å². The fourth-order valence-electron chi connectivity index (χ4n) is 1.99. The molecule has 0 amide bonds. The number of hydrogen-bond acceptors (Lipinski definition) is 2. The number of aryl methyl sites for hydroxylation is 2. The Hall–Kier alpha value is -2.09. The van der Waals surface area contributed by atoms with Gasteiger partial charge in [0.05, 0.1) is 6.21 Å². The normalized spacial score (nSPS) is 10.8. The number of nitrogens with zero attached hydrogens (tertiary/aromatic N) is 1. The third-order valence-electron chi connectivity index (χ3n) is 3.02. The molecule has 0 radical (unpaired) electrons. The first-order valence-corrected chi connectivity index (χ1v) is 6.58. The molecule has 2 rings (SSSR count). The molecule has 0 heterocycles. The first-order chi connectivity index (χ1) is 9.29. The van der Waals surface area contributed by atoms with Gasteiger partial charge >= 0.3 is 0 Å². The summed E-state index contributed by atoms with van der Waals surface area (Å²) in [6.45, 7) is 4.72. The molecule has 19 heavy (non-hydrogen) atoms. The Morgan fingerprint density at radius 3 is 2.74 bits per heavy atom. The second kappa shape index (κ2) is 6.74. The molecule has 0 saturated carbocycles. The highest BCUT2D eigenvalue weighted by molar-refractivity contribution is 5.81. The molecule has 2 nitrogen and oxygen atoms in total. The van der Waals surface area contributed by atoms with E-state index in [1.54, 1.807) is 6.21 Å². The molecule has 0 saturated heterocycles. The van der Waals surface area contributed by atoms with Gasteiger partial charge in [0.1, 0.15) is 6.61 Å². The third kappa shape index (κ3) is 3.95. The van der Waals surface area contributed by atoms with Crippen LogP contribution < -0.4 is 0 Å². The molecule has 0 spiro atoms. The fourth-order valence-corrected chi connectivity index (χ4v) is 1.99. The number of benzene rings is 2. The Balaban J connectivity index is 1.93. The van der Waals surface area contributed by atoms with Crippen LogP contribution in [0.4, 0.5) is 0 Å². The highest BCUT2D eigenvalue weighted by atomic mass is 16.6. The largest absolute Gasteiger partial charge is 0.391 e. The lowest BCUT2D eigenvalue weighted by molar-refractivity contribution is 0.132. The topological polar surface area (TPSA) is 21.6 Å². The van der Waals surface area contributed by atoms with Gasteiger partial charge in [0.2, 0.25) is 0 Å². The van der Waals surface area contributed by atoms with E-state index in [0.717, 1.165) is 17.5 Å². The van der Waals surface area contributed by atoms with Crippen LogP contribution >= 0.6 is 0 Å². The number of rotatable bonds is 5. The summed E-state index contributed by atoms with van der Waals surface area (Å²) in [4.78, 5) is 5.35. The van der Waals surface area contributed by atoms with Gasteiger partial charge in [-0.2, -0.15) is 0 Å². The molecule has 0 aliphatic carbocycles. The van der Waals surface area contributed by atoms with E-state index >= 15 is 0 Å². The highest BCUT2D eigenvalue weighted by Gasteiger charge is 1.96. The summed E-state index contributed by atoms with van der Waals surface area (Å²) in [6.07, 6.45) is 2.79. The van der Waals surface area contributed by atoms with Crippen LogP contribution in [-0.4, -0.2) is 6.21 Å². The van der Waals surface area contributed by atoms with E-state index < -0.39 is 0 Å². The average molecular weight is 253 g/mol. The highest BCUT2D eigenvalue weighted by Crippen LogP contribution is 2.08. The van der Waals surface area contributed by atoms with Gasteiger partial charge in [0.15, 0.2) is 0 Å². The van der Waals surface area contributed by atoms with Gasteiger partial charge in [0.25, 0.3) is 0 Å². The predicted molar refractivity (Wildman–Crippen MR) is 79.4 cm³/mol. The van der Waals surface area contributed by atoms with Crippen molar-refractivity contribution in [3.8, 4) is 0 Å². The lowest BCUT2D eigenvalue weighted by atomic mass is 10.1. The van der Waals surface area contributed by atoms with Crippen molar-refractivity contribution in [2.24, 2.45) is 5.16 Å². The van der Waals surface area contributed by atoms with Gasteiger partial charge in [-0.3, -0.25) is 0 Å². The van der Waals surface area contributed by atoms with E-state index in [-0.39, 0.29) is 0 Å². The maximum atomic E-state index is 5.35. The Morgan fingerprint density at radius 1 is 1.11 bits per heavy atom. The summed E-state index contributed by atoms with van der Waals surface area (Å²) in [5.41, 5.74) is 4.78. The molecule has 0 aliphatic heterocycles. The van der Waals surface area contributed by atoms with Crippen molar-refractivity contribution in [3.05, 3.63) is 70.8 Å². The molecular weight excluding hydrogens is 234 g/mol. The number of oxime groups is 1. The molecule has 0 N–H and O–H groups in total. The lowest BCUT2D eigenvalue weighted by Crippen LogP contribution is -1.92. The monoisotopic (exact) mass is 253 g/mol. The summed E-state index contributed by atoms with van der Waals surface area (Å²) in [5, 5.41) is 4.05. The van der Waals surface area contributed by atoms with Gasteiger partial charge < -0.3 is 4.84 Å². The molecule has 0 atom stereocenters. The molecule has 2 aromatic carbocycles. The smallest absolute Gasteiger partial charge is 0.142 e. The van der Waals surface area contributed by atoms with Gasteiger partial charge in [-0.05, 0) is 30.0 Å². The van der Waals surface area contributed by atoms with E-state index in [9.17, 15) is 0 Å². The van der Waals surface area contributed by atoms with Crippen LogP contribution in [0.5, 0.6) is 0 Å². The zero-order valence-electron chi connectivity index (χ0n) is 11.5. The zero-order valence-corrected chi connectivity index (χ0v) is 11.5. The van der Waals surface area contributed by atoms with Crippen molar-refractivity contribution >= 4 is 6.21 Å². The summed E-state index contributed by atoms with van der Waals surface area (Å²) < 4.78 is 0. The minimum atomic E-state index is 0.506. The summed E-state index contributed by atoms with van der Waals surface area (Å²) in [6, 6.07) is 16.5. The Bertz CT molecular complexity index is 561. The van der Waals surface area contributed by atoms with Crippen LogP contribution in [0.3, 0.4) is 0 Å². The molecular formula is C17H19NO. The average Bonchev–Trinajstić information content (AvgIpc) is 2.44. The molecule has 0 bridgehead atoms. The SMILES string of the molecule is CCc1ccccc1C=NOCc1cccc(C)c1. The lowest BCUT2D eigenvalue weighted by Gasteiger charge is -2.03. The van der Waals surface area contributed by atoms with Crippen LogP contribution in [0.2, 0.25) is 0 Å². The Kier molecular flexibility index (Phi) is 4.73. The molecule has 0 aromatic heterocycles. The van der Waals surface area contributed by atoms with Gasteiger partial charge in [0, 0.05) is 0 Å². The van der Waals surface area contributed by atoms with Gasteiger partial charge in [-0.1, -0.05) is 66.2 Å². The first-order valence-electron chi connectivity index (χ1n) is 6.58. The molecule has 2 aromatic rings. The fraction of sp³-hybridized carbons (Fsp3) is 0.235. The van der Waals surface area contributed by atoms with Crippen LogP contribution in [0, 0.1) is 6.92 Å². The van der Waals surface area contributed by atoms with Crippen molar-refractivity contribution in [2.45, 2.75) is 26.9 Å². The quantitative estimate of drug-likeness (QED) is 0.580. The van der Waals surface area contributed by atoms with Crippen LogP contribution in [0.15, 0.2) is 53.7 Å². The molecule has 98 valence electrons. The molecule has 0 fully saturated rings. The van der Waals surface area contributed by atoms with E-state index in [4.69, 9.17) is 4.84 Å². The van der Waals surface area contributed by atoms with Gasteiger partial charge in [-0.15, -0.1) is 0 Å². The minimum Gasteiger partial charge on any atom is -0.391 e. The Morgan fingerprint density at radius 2 is 1.95 bits per heavy atom. The van der Waals surface area contributed by atoms with Crippen LogP contribution in [0.1, 0.15) is 29.2 Å². The zero-order chi connectivity index (χ0) is 13.5. The maximum Gasteiger partial charge on any atom is 0.142 e. The molecule has 0 aliphatic rings. The van der Waals surface area contributed by atoms with Gasteiger partial charge in [-0.25, -0.2) is 0 Å². The van der Waals surface area contributed by atoms with E-state index in [1.807, 2.05) is 24.3 Å². The van der Waals surface area contributed by atoms with Crippen LogP contribution in [0.25, 0.3) is 0 Å². The van der Waals surface area contributed by atoms with Crippen molar-refractivity contribution in [1.29, 1.82) is 0 Å². The number of hydrogen-bond donors (Lipinski definition) is 0. The summed E-state index contributed by atoms with van der Waals surface area (Å²) in [7, 11) is 0. The predicted octanol–water partition coefficient (Wildman–Crippen LogP) is 4.11. The van der Waals surface area contributed by atoms with Crippen LogP contribution in [-0.2, 0) is 17.9 Å². The van der Waals surface area contributed by atoms with E-state index in [2.05, 4.69) is 43.3 Å². The summed E-state index contributed by atoms with van der Waals surface area (Å²) >= 11 is 0. The van der Waals surface area contributed by atoms with E-state index in [1.165, 1.54) is 11.1 Å². The second-order valence-corrected chi connectivity index (χ2v) is 4.55. The van der Waals surface area contributed by atoms with E-state index in [0.29, 0.717) is 6.61 Å². The van der Waals surface area contributed by atoms with Crippen molar-refractivity contribution in [1.82, 2.24) is 0 Å². The second-order valence-electron chi connectivity index (χ2n) is 4.55. The maximum absolute atomic E-state index is 5.35. The molecule has 0 unspecified atom stereocenters.